The molecule has 3 N–H and O–H groups in total. The largest absolute Gasteiger partial charge is 0.382 e. The molecule has 1 aromatic heterocycles. The maximum Gasteiger partial charge on any atom is 0.275 e. The predicted octanol–water partition coefficient (Wildman–Crippen LogP) is 2.19. The highest BCUT2D eigenvalue weighted by molar-refractivity contribution is 6.03. The Morgan fingerprint density at radius 3 is 2.80 bits per heavy atom. The highest BCUT2D eigenvalue weighted by atomic mass is 16.1. The van der Waals surface area contributed by atoms with E-state index in [1.807, 2.05) is 12.1 Å². The van der Waals surface area contributed by atoms with Crippen LogP contribution in [-0.2, 0) is 12.8 Å². The summed E-state index contributed by atoms with van der Waals surface area (Å²) in [6, 6.07) is 6.05. The van der Waals surface area contributed by atoms with E-state index in [1.165, 1.54) is 36.4 Å². The van der Waals surface area contributed by atoms with Crippen molar-refractivity contribution >= 4 is 17.4 Å². The van der Waals surface area contributed by atoms with Crippen LogP contribution in [0.25, 0.3) is 0 Å². The number of rotatable bonds is 2. The van der Waals surface area contributed by atoms with Gasteiger partial charge in [-0.2, -0.15) is 0 Å². The minimum Gasteiger partial charge on any atom is -0.382 e. The van der Waals surface area contributed by atoms with Gasteiger partial charge in [-0.15, -0.1) is 0 Å². The normalized spacial score (nSPS) is 13.6. The standard InChI is InChI=1S/C15H16N4O/c16-14-9-17-13(8-18-14)15(20)19-12-7-3-5-10-4-1-2-6-11(10)12/h3,5,7-9H,1-2,4,6H2,(H2,16,18)(H,19,20). The molecule has 0 atom stereocenters. The summed E-state index contributed by atoms with van der Waals surface area (Å²) in [6.07, 6.45) is 7.25. The molecule has 1 amide bonds. The highest BCUT2D eigenvalue weighted by Crippen LogP contribution is 2.28. The smallest absolute Gasteiger partial charge is 0.275 e. The SMILES string of the molecule is Nc1cnc(C(=O)Nc2cccc3c2CCCC3)cn1. The molecule has 0 saturated carbocycles. The molecule has 0 spiro atoms. The second-order valence-electron chi connectivity index (χ2n) is 4.93. The maximum absolute atomic E-state index is 12.2. The van der Waals surface area contributed by atoms with Gasteiger partial charge in [0.25, 0.3) is 5.91 Å². The Bertz CT molecular complexity index is 637. The van der Waals surface area contributed by atoms with Crippen LogP contribution in [0.3, 0.4) is 0 Å². The third-order valence-electron chi connectivity index (χ3n) is 3.55. The molecular weight excluding hydrogens is 252 g/mol. The highest BCUT2D eigenvalue weighted by Gasteiger charge is 2.15. The molecule has 20 heavy (non-hydrogen) atoms. The third kappa shape index (κ3) is 2.47. The second kappa shape index (κ2) is 5.28. The Labute approximate surface area is 117 Å². The van der Waals surface area contributed by atoms with Gasteiger partial charge in [0, 0.05) is 5.69 Å². The number of nitrogens with two attached hydrogens (primary N) is 1. The van der Waals surface area contributed by atoms with Crippen LogP contribution in [0.2, 0.25) is 0 Å². The summed E-state index contributed by atoms with van der Waals surface area (Å²) >= 11 is 0. The molecule has 5 nitrogen and oxygen atoms in total. The van der Waals surface area contributed by atoms with Gasteiger partial charge in [0.15, 0.2) is 0 Å². The first-order valence-electron chi connectivity index (χ1n) is 6.73. The van der Waals surface area contributed by atoms with Crippen LogP contribution < -0.4 is 11.1 Å². The van der Waals surface area contributed by atoms with Gasteiger partial charge >= 0.3 is 0 Å². The summed E-state index contributed by atoms with van der Waals surface area (Å²) in [5.74, 6) is 0.0510. The lowest BCUT2D eigenvalue weighted by Gasteiger charge is -2.19. The van der Waals surface area contributed by atoms with Crippen LogP contribution in [0.15, 0.2) is 30.6 Å². The van der Waals surface area contributed by atoms with Gasteiger partial charge in [-0.05, 0) is 42.9 Å². The monoisotopic (exact) mass is 268 g/mol. The Hall–Kier alpha value is -2.43. The fourth-order valence-electron chi connectivity index (χ4n) is 2.54. The van der Waals surface area contributed by atoms with E-state index in [9.17, 15) is 4.79 Å². The van der Waals surface area contributed by atoms with Gasteiger partial charge in [0.1, 0.15) is 11.5 Å². The molecule has 2 aromatic rings. The fraction of sp³-hybridized carbons (Fsp3) is 0.267. The number of benzene rings is 1. The average Bonchev–Trinajstić information content (AvgIpc) is 2.48. The summed E-state index contributed by atoms with van der Waals surface area (Å²) in [4.78, 5) is 20.0. The Kier molecular flexibility index (Phi) is 3.33. The zero-order valence-corrected chi connectivity index (χ0v) is 11.1. The van der Waals surface area contributed by atoms with E-state index in [0.717, 1.165) is 18.5 Å². The Morgan fingerprint density at radius 2 is 2.00 bits per heavy atom. The molecule has 1 aliphatic rings. The number of carbonyl (C=O) groups is 1. The van der Waals surface area contributed by atoms with Crippen LogP contribution in [0.1, 0.15) is 34.5 Å². The summed E-state index contributed by atoms with van der Waals surface area (Å²) in [7, 11) is 0. The minimum atomic E-state index is -0.253. The molecule has 5 heteroatoms. The molecule has 0 fully saturated rings. The van der Waals surface area contributed by atoms with E-state index in [1.54, 1.807) is 0 Å². The third-order valence-corrected chi connectivity index (χ3v) is 3.55. The van der Waals surface area contributed by atoms with Crippen molar-refractivity contribution in [3.05, 3.63) is 47.4 Å². The lowest BCUT2D eigenvalue weighted by Crippen LogP contribution is -2.17. The minimum absolute atomic E-state index is 0.253. The van der Waals surface area contributed by atoms with E-state index >= 15 is 0 Å². The Morgan fingerprint density at radius 1 is 1.15 bits per heavy atom. The van der Waals surface area contributed by atoms with E-state index in [0.29, 0.717) is 5.82 Å². The molecule has 0 bridgehead atoms. The maximum atomic E-state index is 12.2. The van der Waals surface area contributed by atoms with Crippen molar-refractivity contribution in [3.8, 4) is 0 Å². The van der Waals surface area contributed by atoms with Crippen LogP contribution in [0.5, 0.6) is 0 Å². The summed E-state index contributed by atoms with van der Waals surface area (Å²) < 4.78 is 0. The summed E-state index contributed by atoms with van der Waals surface area (Å²) in [5, 5.41) is 2.92. The van der Waals surface area contributed by atoms with Crippen molar-refractivity contribution in [1.29, 1.82) is 0 Å². The number of aryl methyl sites for hydroxylation is 1. The quantitative estimate of drug-likeness (QED) is 0.874. The van der Waals surface area contributed by atoms with E-state index < -0.39 is 0 Å². The van der Waals surface area contributed by atoms with Crippen LogP contribution >= 0.6 is 0 Å². The molecule has 1 aliphatic carbocycles. The van der Waals surface area contributed by atoms with Gasteiger partial charge in [-0.3, -0.25) is 4.79 Å². The van der Waals surface area contributed by atoms with Crippen LogP contribution in [0, 0.1) is 0 Å². The predicted molar refractivity (Wildman–Crippen MR) is 77.5 cm³/mol. The van der Waals surface area contributed by atoms with Crippen molar-refractivity contribution in [2.24, 2.45) is 0 Å². The molecule has 0 unspecified atom stereocenters. The zero-order valence-electron chi connectivity index (χ0n) is 11.1. The number of aromatic nitrogens is 2. The van der Waals surface area contributed by atoms with Gasteiger partial charge in [-0.1, -0.05) is 12.1 Å². The molecule has 102 valence electrons. The first-order valence-corrected chi connectivity index (χ1v) is 6.73. The lowest BCUT2D eigenvalue weighted by molar-refractivity contribution is 0.102. The summed E-state index contributed by atoms with van der Waals surface area (Å²) in [5.41, 5.74) is 9.19. The van der Waals surface area contributed by atoms with E-state index in [-0.39, 0.29) is 11.6 Å². The molecular formula is C15H16N4O. The Balaban J connectivity index is 1.84. The number of anilines is 2. The van der Waals surface area contributed by atoms with Crippen LogP contribution in [-0.4, -0.2) is 15.9 Å². The number of hydrogen-bond donors (Lipinski definition) is 2. The molecule has 0 saturated heterocycles. The van der Waals surface area contributed by atoms with Gasteiger partial charge in [0.2, 0.25) is 0 Å². The number of hydrogen-bond acceptors (Lipinski definition) is 4. The van der Waals surface area contributed by atoms with Gasteiger partial charge in [0.05, 0.1) is 12.4 Å². The topological polar surface area (TPSA) is 80.9 Å². The second-order valence-corrected chi connectivity index (χ2v) is 4.93. The number of carbonyl (C=O) groups excluding carboxylic acids is 1. The molecule has 0 aliphatic heterocycles. The molecule has 1 heterocycles. The average molecular weight is 268 g/mol. The van der Waals surface area contributed by atoms with Crippen molar-refractivity contribution in [2.75, 3.05) is 11.1 Å². The number of fused-ring (bicyclic) bond motifs is 1. The van der Waals surface area contributed by atoms with E-state index in [4.69, 9.17) is 5.73 Å². The van der Waals surface area contributed by atoms with Crippen molar-refractivity contribution in [2.45, 2.75) is 25.7 Å². The molecule has 3 rings (SSSR count). The fourth-order valence-corrected chi connectivity index (χ4v) is 2.54. The van der Waals surface area contributed by atoms with Crippen molar-refractivity contribution in [1.82, 2.24) is 9.97 Å². The van der Waals surface area contributed by atoms with E-state index in [2.05, 4.69) is 21.4 Å². The number of nitrogen functional groups attached to an aromatic ring is 1. The molecule has 1 aromatic carbocycles. The first-order chi connectivity index (χ1) is 9.74. The first kappa shape index (κ1) is 12.6. The number of nitrogens with zero attached hydrogens (tertiary/aromatic N) is 2. The van der Waals surface area contributed by atoms with Crippen LogP contribution in [0.4, 0.5) is 11.5 Å². The van der Waals surface area contributed by atoms with Gasteiger partial charge < -0.3 is 11.1 Å². The van der Waals surface area contributed by atoms with Crippen molar-refractivity contribution in [3.63, 3.8) is 0 Å². The number of nitrogens with one attached hydrogen (secondary N) is 1. The lowest BCUT2D eigenvalue weighted by atomic mass is 9.90. The molecule has 0 radical (unpaired) electrons. The van der Waals surface area contributed by atoms with Gasteiger partial charge in [-0.25, -0.2) is 9.97 Å². The van der Waals surface area contributed by atoms with Crippen molar-refractivity contribution < 1.29 is 4.79 Å². The zero-order chi connectivity index (χ0) is 13.9. The summed E-state index contributed by atoms with van der Waals surface area (Å²) in [6.45, 7) is 0. The number of amides is 1.